The number of fused-ring (bicyclic) bond motifs is 1. The molecule has 0 amide bonds. The molecule has 7 nitrogen and oxygen atoms in total. The lowest BCUT2D eigenvalue weighted by molar-refractivity contribution is 0.440. The van der Waals surface area contributed by atoms with Gasteiger partial charge in [-0.1, -0.05) is 45.0 Å². The van der Waals surface area contributed by atoms with Crippen LogP contribution >= 0.6 is 0 Å². The fourth-order valence-electron chi connectivity index (χ4n) is 4.74. The Kier molecular flexibility index (Phi) is 8.03. The van der Waals surface area contributed by atoms with Crippen LogP contribution in [0.25, 0.3) is 22.0 Å². The third-order valence-electron chi connectivity index (χ3n) is 7.49. The van der Waals surface area contributed by atoms with Crippen LogP contribution in [0, 0.1) is 18.8 Å². The van der Waals surface area contributed by atoms with E-state index in [1.165, 1.54) is 0 Å². The third kappa shape index (κ3) is 5.89. The van der Waals surface area contributed by atoms with Crippen molar-refractivity contribution in [1.82, 2.24) is 20.3 Å². The summed E-state index contributed by atoms with van der Waals surface area (Å²) in [5, 5.41) is 12.7. The molecule has 1 aliphatic rings. The van der Waals surface area contributed by atoms with Crippen molar-refractivity contribution in [1.29, 1.82) is 0 Å². The standard InChI is InChI=1S/C31H38N6O/c1-20(2)22(4)18-35-27-11-5-9-25-24(27)13-12-21(3)29(25)38-30-26(10-7-16-33-30)28-14-17-34-31(37-28)36-23-8-6-15-32-19-23/h5,7,9-14,16-17,20,22-23,32,35H,6,8,15,18-19H2,1-4H3,(H,34,36,37)/t22-,23+/m1/s1. The molecular weight excluding hydrogens is 472 g/mol. The number of rotatable bonds is 9. The van der Waals surface area contributed by atoms with Crippen molar-refractivity contribution in [2.75, 3.05) is 30.3 Å². The van der Waals surface area contributed by atoms with Crippen LogP contribution in [-0.2, 0) is 0 Å². The first-order valence-corrected chi connectivity index (χ1v) is 13.7. The number of hydrogen-bond donors (Lipinski definition) is 3. The van der Waals surface area contributed by atoms with Crippen molar-refractivity contribution in [2.45, 2.75) is 46.6 Å². The fourth-order valence-corrected chi connectivity index (χ4v) is 4.74. The summed E-state index contributed by atoms with van der Waals surface area (Å²) in [5.74, 6) is 3.16. The number of aromatic nitrogens is 3. The zero-order chi connectivity index (χ0) is 26.5. The normalized spacial score (nSPS) is 16.4. The molecule has 38 heavy (non-hydrogen) atoms. The smallest absolute Gasteiger partial charge is 0.228 e. The van der Waals surface area contributed by atoms with Crippen LogP contribution in [0.15, 0.2) is 60.9 Å². The van der Waals surface area contributed by atoms with E-state index in [9.17, 15) is 0 Å². The maximum Gasteiger partial charge on any atom is 0.228 e. The number of benzene rings is 2. The predicted octanol–water partition coefficient (Wildman–Crippen LogP) is 6.66. The van der Waals surface area contributed by atoms with Crippen molar-refractivity contribution in [3.8, 4) is 22.9 Å². The minimum Gasteiger partial charge on any atom is -0.437 e. The van der Waals surface area contributed by atoms with Gasteiger partial charge in [-0.2, -0.15) is 0 Å². The van der Waals surface area contributed by atoms with Crippen LogP contribution in [0.1, 0.15) is 39.2 Å². The average molecular weight is 511 g/mol. The molecule has 0 spiro atoms. The van der Waals surface area contributed by atoms with E-state index in [2.05, 4.69) is 83.9 Å². The van der Waals surface area contributed by atoms with Gasteiger partial charge >= 0.3 is 0 Å². The molecule has 0 radical (unpaired) electrons. The van der Waals surface area contributed by atoms with E-state index >= 15 is 0 Å². The molecule has 7 heteroatoms. The Labute approximate surface area is 225 Å². The van der Waals surface area contributed by atoms with Gasteiger partial charge in [0.15, 0.2) is 0 Å². The lowest BCUT2D eigenvalue weighted by Gasteiger charge is -2.23. The molecule has 4 aromatic rings. The largest absolute Gasteiger partial charge is 0.437 e. The van der Waals surface area contributed by atoms with E-state index in [1.54, 1.807) is 12.4 Å². The third-order valence-corrected chi connectivity index (χ3v) is 7.49. The Balaban J connectivity index is 1.45. The van der Waals surface area contributed by atoms with Crippen molar-refractivity contribution < 1.29 is 4.74 Å². The molecular formula is C31H38N6O. The molecule has 1 fully saturated rings. The second-order valence-electron chi connectivity index (χ2n) is 10.6. The number of hydrogen-bond acceptors (Lipinski definition) is 7. The van der Waals surface area contributed by atoms with E-state index < -0.39 is 0 Å². The summed E-state index contributed by atoms with van der Waals surface area (Å²) in [4.78, 5) is 13.9. The van der Waals surface area contributed by atoms with Gasteiger partial charge in [0.1, 0.15) is 5.75 Å². The second-order valence-corrected chi connectivity index (χ2v) is 10.6. The van der Waals surface area contributed by atoms with E-state index in [0.717, 1.165) is 71.5 Å². The minimum absolute atomic E-state index is 0.327. The number of nitrogens with zero attached hydrogens (tertiary/aromatic N) is 3. The quantitative estimate of drug-likeness (QED) is 0.232. The average Bonchev–Trinajstić information content (AvgIpc) is 2.94. The van der Waals surface area contributed by atoms with E-state index in [0.29, 0.717) is 29.7 Å². The number of aryl methyl sites for hydroxylation is 1. The fraction of sp³-hybridized carbons (Fsp3) is 0.387. The van der Waals surface area contributed by atoms with Crippen molar-refractivity contribution in [3.05, 3.63) is 66.5 Å². The molecule has 0 aliphatic carbocycles. The van der Waals surface area contributed by atoms with Gasteiger partial charge in [0, 0.05) is 48.0 Å². The van der Waals surface area contributed by atoms with Crippen LogP contribution < -0.4 is 20.7 Å². The topological polar surface area (TPSA) is 84.0 Å². The van der Waals surface area contributed by atoms with Crippen LogP contribution in [-0.4, -0.2) is 40.6 Å². The van der Waals surface area contributed by atoms with Crippen LogP contribution in [0.4, 0.5) is 11.6 Å². The van der Waals surface area contributed by atoms with Crippen LogP contribution in [0.5, 0.6) is 11.6 Å². The Bertz CT molecular complexity index is 1380. The molecule has 0 bridgehead atoms. The number of ether oxygens (including phenoxy) is 1. The molecule has 1 aliphatic heterocycles. The summed E-state index contributed by atoms with van der Waals surface area (Å²) in [6, 6.07) is 16.8. The Morgan fingerprint density at radius 2 is 1.89 bits per heavy atom. The number of anilines is 2. The Hall–Kier alpha value is -3.71. The van der Waals surface area contributed by atoms with Crippen molar-refractivity contribution in [2.24, 2.45) is 11.8 Å². The molecule has 198 valence electrons. The SMILES string of the molecule is Cc1ccc2c(NC[C@@H](C)C(C)C)cccc2c1Oc1ncccc1-c1ccnc(N[C@H]2CCCNC2)n1. The van der Waals surface area contributed by atoms with E-state index in [1.807, 2.05) is 18.2 Å². The summed E-state index contributed by atoms with van der Waals surface area (Å²) in [6.07, 6.45) is 5.80. The number of piperidine rings is 1. The molecule has 5 rings (SSSR count). The first kappa shape index (κ1) is 25.9. The van der Waals surface area contributed by atoms with E-state index in [-0.39, 0.29) is 0 Å². The molecule has 3 heterocycles. The van der Waals surface area contributed by atoms with Gasteiger partial charge in [-0.05, 0) is 68.0 Å². The zero-order valence-corrected chi connectivity index (χ0v) is 22.8. The van der Waals surface area contributed by atoms with Crippen LogP contribution in [0.3, 0.4) is 0 Å². The highest BCUT2D eigenvalue weighted by Gasteiger charge is 2.17. The summed E-state index contributed by atoms with van der Waals surface area (Å²) >= 11 is 0. The highest BCUT2D eigenvalue weighted by Crippen LogP contribution is 2.38. The highest BCUT2D eigenvalue weighted by atomic mass is 16.5. The Morgan fingerprint density at radius 1 is 1.00 bits per heavy atom. The van der Waals surface area contributed by atoms with E-state index in [4.69, 9.17) is 9.72 Å². The summed E-state index contributed by atoms with van der Waals surface area (Å²) in [7, 11) is 0. The molecule has 0 unspecified atom stereocenters. The molecule has 0 saturated carbocycles. The van der Waals surface area contributed by atoms with Gasteiger partial charge < -0.3 is 20.7 Å². The summed E-state index contributed by atoms with van der Waals surface area (Å²) < 4.78 is 6.59. The highest BCUT2D eigenvalue weighted by molar-refractivity contribution is 5.98. The van der Waals surface area contributed by atoms with Gasteiger partial charge in [-0.15, -0.1) is 0 Å². The Morgan fingerprint density at radius 3 is 2.71 bits per heavy atom. The van der Waals surface area contributed by atoms with Crippen LogP contribution in [0.2, 0.25) is 0 Å². The van der Waals surface area contributed by atoms with Gasteiger partial charge in [0.2, 0.25) is 11.8 Å². The summed E-state index contributed by atoms with van der Waals surface area (Å²) in [5.41, 5.74) is 3.77. The second kappa shape index (κ2) is 11.8. The van der Waals surface area contributed by atoms with Gasteiger partial charge in [-0.25, -0.2) is 15.0 Å². The number of nitrogens with one attached hydrogen (secondary N) is 3. The van der Waals surface area contributed by atoms with Crippen molar-refractivity contribution >= 4 is 22.4 Å². The van der Waals surface area contributed by atoms with Gasteiger partial charge in [0.05, 0.1) is 11.3 Å². The van der Waals surface area contributed by atoms with Gasteiger partial charge in [0.25, 0.3) is 0 Å². The predicted molar refractivity (Wildman–Crippen MR) is 156 cm³/mol. The summed E-state index contributed by atoms with van der Waals surface area (Å²) in [6.45, 7) is 11.8. The molecule has 2 atom stereocenters. The minimum atomic E-state index is 0.327. The monoisotopic (exact) mass is 510 g/mol. The first-order valence-electron chi connectivity index (χ1n) is 13.7. The number of pyridine rings is 1. The first-order chi connectivity index (χ1) is 18.5. The maximum atomic E-state index is 6.59. The van der Waals surface area contributed by atoms with Gasteiger partial charge in [-0.3, -0.25) is 0 Å². The lowest BCUT2D eigenvalue weighted by Crippen LogP contribution is -2.38. The maximum absolute atomic E-state index is 6.59. The lowest BCUT2D eigenvalue weighted by atomic mass is 9.98. The molecule has 1 saturated heterocycles. The molecule has 2 aromatic heterocycles. The zero-order valence-electron chi connectivity index (χ0n) is 22.8. The molecule has 2 aromatic carbocycles. The van der Waals surface area contributed by atoms with Crippen molar-refractivity contribution in [3.63, 3.8) is 0 Å². The molecule has 3 N–H and O–H groups in total.